The molecule has 2 heterocycles. The maximum absolute atomic E-state index is 12.8. The Morgan fingerprint density at radius 1 is 0.875 bits per heavy atom. The van der Waals surface area contributed by atoms with Gasteiger partial charge in [-0.25, -0.2) is 16.8 Å². The van der Waals surface area contributed by atoms with Crippen LogP contribution in [0.25, 0.3) is 0 Å². The number of nitrogens with zero attached hydrogens (tertiary/aromatic N) is 2. The molecule has 0 saturated carbocycles. The van der Waals surface area contributed by atoms with Crippen LogP contribution < -0.4 is 5.73 Å². The van der Waals surface area contributed by atoms with Crippen molar-refractivity contribution in [1.82, 2.24) is 8.61 Å². The molecular formula is C14H22ClN3O4S2. The molecule has 2 N–H and O–H groups in total. The minimum absolute atomic E-state index is 0. The molecule has 10 heteroatoms. The van der Waals surface area contributed by atoms with E-state index in [-0.39, 0.29) is 34.8 Å². The predicted molar refractivity (Wildman–Crippen MR) is 93.0 cm³/mol. The van der Waals surface area contributed by atoms with Crippen molar-refractivity contribution in [1.29, 1.82) is 0 Å². The number of hydrogen-bond acceptors (Lipinski definition) is 5. The third-order valence-electron chi connectivity index (χ3n) is 4.34. The van der Waals surface area contributed by atoms with Crippen molar-refractivity contribution < 1.29 is 16.8 Å². The van der Waals surface area contributed by atoms with E-state index in [4.69, 9.17) is 5.73 Å². The Hall–Kier alpha value is -0.710. The molecule has 3 rings (SSSR count). The van der Waals surface area contributed by atoms with Crippen LogP contribution in [-0.4, -0.2) is 57.7 Å². The first-order valence-corrected chi connectivity index (χ1v) is 10.6. The van der Waals surface area contributed by atoms with Gasteiger partial charge in [-0.05, 0) is 31.4 Å². The van der Waals surface area contributed by atoms with Gasteiger partial charge in [-0.15, -0.1) is 12.4 Å². The first-order chi connectivity index (χ1) is 10.8. The Morgan fingerprint density at radius 3 is 1.83 bits per heavy atom. The maximum atomic E-state index is 12.8. The van der Waals surface area contributed by atoms with E-state index in [1.165, 1.54) is 20.7 Å². The largest absolute Gasteiger partial charge is 0.326 e. The average Bonchev–Trinajstić information content (AvgIpc) is 3.19. The van der Waals surface area contributed by atoms with Crippen LogP contribution in [0.2, 0.25) is 0 Å². The quantitative estimate of drug-likeness (QED) is 0.805. The molecule has 0 aromatic heterocycles. The highest BCUT2D eigenvalue weighted by Gasteiger charge is 2.37. The van der Waals surface area contributed by atoms with Crippen LogP contribution in [0.1, 0.15) is 19.3 Å². The lowest BCUT2D eigenvalue weighted by Crippen LogP contribution is -2.34. The van der Waals surface area contributed by atoms with Crippen LogP contribution in [0.5, 0.6) is 0 Å². The molecule has 1 aromatic carbocycles. The first-order valence-electron chi connectivity index (χ1n) is 7.68. The van der Waals surface area contributed by atoms with Crippen molar-refractivity contribution >= 4 is 32.5 Å². The van der Waals surface area contributed by atoms with Crippen molar-refractivity contribution in [3.8, 4) is 0 Å². The second-order valence-electron chi connectivity index (χ2n) is 5.97. The highest BCUT2D eigenvalue weighted by Crippen LogP contribution is 2.29. The summed E-state index contributed by atoms with van der Waals surface area (Å²) >= 11 is 0. The van der Waals surface area contributed by atoms with Gasteiger partial charge < -0.3 is 5.73 Å². The molecule has 0 unspecified atom stereocenters. The summed E-state index contributed by atoms with van der Waals surface area (Å²) in [5.74, 6) is 0. The number of nitrogens with two attached hydrogens (primary N) is 1. The Kier molecular flexibility index (Phi) is 5.94. The van der Waals surface area contributed by atoms with Gasteiger partial charge in [0.1, 0.15) is 9.79 Å². The standard InChI is InChI=1S/C14H21N3O4S2.ClH/c15-12-7-10-17(11-12)23(20,21)14-6-2-1-5-13(14)22(18,19)16-8-3-4-9-16;/h1-2,5-6,12H,3-4,7-11,15H2;1H/t12-;/m1./s1. The molecule has 0 bridgehead atoms. The summed E-state index contributed by atoms with van der Waals surface area (Å²) < 4.78 is 53.9. The number of rotatable bonds is 4. The Bertz CT molecular complexity index is 792. The highest BCUT2D eigenvalue weighted by atomic mass is 35.5. The summed E-state index contributed by atoms with van der Waals surface area (Å²) in [5.41, 5.74) is 5.79. The molecular weight excluding hydrogens is 374 g/mol. The molecule has 0 amide bonds. The van der Waals surface area contributed by atoms with E-state index in [2.05, 4.69) is 0 Å². The number of halogens is 1. The Morgan fingerprint density at radius 2 is 1.38 bits per heavy atom. The average molecular weight is 396 g/mol. The Labute approximate surface area is 149 Å². The topological polar surface area (TPSA) is 101 Å². The molecule has 0 radical (unpaired) electrons. The molecule has 7 nitrogen and oxygen atoms in total. The van der Waals surface area contributed by atoms with Crippen molar-refractivity contribution in [3.63, 3.8) is 0 Å². The summed E-state index contributed by atoms with van der Waals surface area (Å²) in [5, 5.41) is 0. The van der Waals surface area contributed by atoms with Crippen molar-refractivity contribution in [3.05, 3.63) is 24.3 Å². The SMILES string of the molecule is Cl.N[C@@H]1CCN(S(=O)(=O)c2ccccc2S(=O)(=O)N2CCCC2)C1. The van der Waals surface area contributed by atoms with Crippen LogP contribution >= 0.6 is 12.4 Å². The summed E-state index contributed by atoms with van der Waals surface area (Å²) in [7, 11) is -7.67. The van der Waals surface area contributed by atoms with Gasteiger partial charge in [-0.1, -0.05) is 12.1 Å². The van der Waals surface area contributed by atoms with Gasteiger partial charge in [0.2, 0.25) is 20.0 Å². The fraction of sp³-hybridized carbons (Fsp3) is 0.571. The summed E-state index contributed by atoms with van der Waals surface area (Å²) in [6.07, 6.45) is 2.19. The van der Waals surface area contributed by atoms with E-state index >= 15 is 0 Å². The lowest BCUT2D eigenvalue weighted by molar-refractivity contribution is 0.462. The normalized spacial score (nSPS) is 23.3. The van der Waals surface area contributed by atoms with E-state index in [0.29, 0.717) is 26.1 Å². The molecule has 1 atom stereocenters. The van der Waals surface area contributed by atoms with Crippen LogP contribution in [0.3, 0.4) is 0 Å². The van der Waals surface area contributed by atoms with Crippen LogP contribution in [0.15, 0.2) is 34.1 Å². The molecule has 1 aromatic rings. The predicted octanol–water partition coefficient (Wildman–Crippen LogP) is 0.615. The molecule has 24 heavy (non-hydrogen) atoms. The molecule has 0 aliphatic carbocycles. The van der Waals surface area contributed by atoms with Crippen molar-refractivity contribution in [2.24, 2.45) is 5.73 Å². The van der Waals surface area contributed by atoms with Crippen molar-refractivity contribution in [2.45, 2.75) is 35.1 Å². The van der Waals surface area contributed by atoms with Crippen LogP contribution in [-0.2, 0) is 20.0 Å². The molecule has 2 aliphatic rings. The van der Waals surface area contributed by atoms with Gasteiger partial charge in [-0.3, -0.25) is 0 Å². The lowest BCUT2D eigenvalue weighted by Gasteiger charge is -2.21. The molecule has 0 spiro atoms. The summed E-state index contributed by atoms with van der Waals surface area (Å²) in [6, 6.07) is 5.63. The zero-order chi connectivity index (χ0) is 16.7. The van der Waals surface area contributed by atoms with Crippen molar-refractivity contribution in [2.75, 3.05) is 26.2 Å². The second-order valence-corrected chi connectivity index (χ2v) is 9.78. The van der Waals surface area contributed by atoms with Gasteiger partial charge in [0, 0.05) is 32.2 Å². The zero-order valence-corrected chi connectivity index (χ0v) is 15.6. The van der Waals surface area contributed by atoms with E-state index in [1.54, 1.807) is 12.1 Å². The monoisotopic (exact) mass is 395 g/mol. The second kappa shape index (κ2) is 7.27. The summed E-state index contributed by atoms with van der Waals surface area (Å²) in [6.45, 7) is 1.42. The van der Waals surface area contributed by atoms with E-state index in [1.807, 2.05) is 0 Å². The van der Waals surface area contributed by atoms with Gasteiger partial charge >= 0.3 is 0 Å². The minimum Gasteiger partial charge on any atom is -0.326 e. The smallest absolute Gasteiger partial charge is 0.244 e. The van der Waals surface area contributed by atoms with Gasteiger partial charge in [0.05, 0.1) is 0 Å². The number of sulfonamides is 2. The van der Waals surface area contributed by atoms with E-state index in [0.717, 1.165) is 12.8 Å². The maximum Gasteiger partial charge on any atom is 0.244 e. The van der Waals surface area contributed by atoms with Gasteiger partial charge in [-0.2, -0.15) is 8.61 Å². The number of benzene rings is 1. The molecule has 2 fully saturated rings. The van der Waals surface area contributed by atoms with Gasteiger partial charge in [0.15, 0.2) is 0 Å². The highest BCUT2D eigenvalue weighted by molar-refractivity contribution is 7.92. The molecule has 2 saturated heterocycles. The first kappa shape index (κ1) is 19.6. The van der Waals surface area contributed by atoms with Crippen LogP contribution in [0.4, 0.5) is 0 Å². The van der Waals surface area contributed by atoms with E-state index < -0.39 is 20.0 Å². The van der Waals surface area contributed by atoms with Gasteiger partial charge in [0.25, 0.3) is 0 Å². The van der Waals surface area contributed by atoms with E-state index in [9.17, 15) is 16.8 Å². The fourth-order valence-electron chi connectivity index (χ4n) is 3.06. The third kappa shape index (κ3) is 3.47. The minimum atomic E-state index is -3.87. The Balaban J connectivity index is 0.00000208. The summed E-state index contributed by atoms with van der Waals surface area (Å²) in [4.78, 5) is -0.289. The zero-order valence-electron chi connectivity index (χ0n) is 13.2. The number of hydrogen-bond donors (Lipinski definition) is 1. The van der Waals surface area contributed by atoms with Crippen LogP contribution in [0, 0.1) is 0 Å². The third-order valence-corrected chi connectivity index (χ3v) is 8.35. The molecule has 136 valence electrons. The lowest BCUT2D eigenvalue weighted by atomic mass is 10.3. The fourth-order valence-corrected chi connectivity index (χ4v) is 6.86. The molecule has 2 aliphatic heterocycles.